The maximum Gasteiger partial charge on any atom is 0.264 e. The van der Waals surface area contributed by atoms with Gasteiger partial charge in [-0.1, -0.05) is 31.7 Å². The first kappa shape index (κ1) is 11.3. The highest BCUT2D eigenvalue weighted by molar-refractivity contribution is 8.16. The van der Waals surface area contributed by atoms with E-state index in [0.717, 1.165) is 18.5 Å². The Bertz CT molecular complexity index is 298. The van der Waals surface area contributed by atoms with Crippen molar-refractivity contribution in [1.29, 1.82) is 0 Å². The molecule has 0 aromatic rings. The van der Waals surface area contributed by atoms with E-state index < -0.39 is 0 Å². The third kappa shape index (κ3) is 2.38. The summed E-state index contributed by atoms with van der Waals surface area (Å²) in [5.74, 6) is -0.0342. The molecule has 1 atom stereocenters. The second-order valence-corrected chi connectivity index (χ2v) is 5.20. The summed E-state index contributed by atoms with van der Waals surface area (Å²) >= 11 is 1.50. The highest BCUT2D eigenvalue weighted by Crippen LogP contribution is 2.36. The largest absolute Gasteiger partial charge is 0.339 e. The number of rotatable bonds is 3. The number of carbonyl (C=O) groups is 1. The molecule has 0 saturated heterocycles. The molecular weight excluding hydrogens is 196 g/mol. The van der Waals surface area contributed by atoms with Crippen molar-refractivity contribution in [3.05, 3.63) is 12.3 Å². The minimum Gasteiger partial charge on any atom is -0.339 e. The summed E-state index contributed by atoms with van der Waals surface area (Å²) in [4.78, 5) is 15.6. The van der Waals surface area contributed by atoms with Crippen LogP contribution in [0.5, 0.6) is 0 Å². The van der Waals surface area contributed by atoms with Crippen LogP contribution in [-0.2, 0) is 4.79 Å². The van der Waals surface area contributed by atoms with E-state index in [-0.39, 0.29) is 10.7 Å². The van der Waals surface area contributed by atoms with E-state index in [9.17, 15) is 4.79 Å². The number of hydrogen-bond donors (Lipinski definition) is 1. The lowest BCUT2D eigenvalue weighted by atomic mass is 10.1. The highest BCUT2D eigenvalue weighted by atomic mass is 32.2. The maximum atomic E-state index is 11.6. The molecule has 0 saturated carbocycles. The van der Waals surface area contributed by atoms with Gasteiger partial charge in [0.25, 0.3) is 5.91 Å². The Kier molecular flexibility index (Phi) is 3.37. The van der Waals surface area contributed by atoms with Gasteiger partial charge in [-0.2, -0.15) is 4.99 Å². The first-order valence-electron chi connectivity index (χ1n) is 4.72. The number of aliphatic imine (C=N–C) groups is 1. The number of hydrogen-bond acceptors (Lipinski definition) is 3. The van der Waals surface area contributed by atoms with Crippen molar-refractivity contribution in [1.82, 2.24) is 5.32 Å². The van der Waals surface area contributed by atoms with E-state index in [1.54, 1.807) is 0 Å². The minimum atomic E-state index is -0.369. The third-order valence-electron chi connectivity index (χ3n) is 2.02. The maximum absolute atomic E-state index is 11.6. The Morgan fingerprint density at radius 2 is 2.36 bits per heavy atom. The van der Waals surface area contributed by atoms with Gasteiger partial charge in [-0.05, 0) is 20.3 Å². The molecule has 78 valence electrons. The highest BCUT2D eigenvalue weighted by Gasteiger charge is 2.40. The zero-order chi connectivity index (χ0) is 10.8. The zero-order valence-corrected chi connectivity index (χ0v) is 9.70. The van der Waals surface area contributed by atoms with Gasteiger partial charge in [0.05, 0.1) is 0 Å². The van der Waals surface area contributed by atoms with Gasteiger partial charge in [-0.15, -0.1) is 0 Å². The molecule has 1 aliphatic rings. The Morgan fingerprint density at radius 3 is 2.86 bits per heavy atom. The molecule has 0 aromatic carbocycles. The predicted octanol–water partition coefficient (Wildman–Crippen LogP) is 2.30. The van der Waals surface area contributed by atoms with Crippen LogP contribution in [0.4, 0.5) is 0 Å². The van der Waals surface area contributed by atoms with Crippen molar-refractivity contribution in [3.63, 3.8) is 0 Å². The summed E-state index contributed by atoms with van der Waals surface area (Å²) in [6, 6.07) is 0. The normalized spacial score (nSPS) is 26.2. The Labute approximate surface area is 89.1 Å². The van der Waals surface area contributed by atoms with Gasteiger partial charge < -0.3 is 5.32 Å². The summed E-state index contributed by atoms with van der Waals surface area (Å²) in [6.07, 6.45) is 1.85. The fourth-order valence-electron chi connectivity index (χ4n) is 1.36. The van der Waals surface area contributed by atoms with E-state index in [0.29, 0.717) is 5.17 Å². The lowest BCUT2D eigenvalue weighted by Crippen LogP contribution is -2.27. The van der Waals surface area contributed by atoms with Crippen LogP contribution in [0.1, 0.15) is 33.6 Å². The first-order chi connectivity index (χ1) is 6.48. The fraction of sp³-hybridized carbons (Fsp3) is 0.600. The first-order valence-corrected chi connectivity index (χ1v) is 5.54. The third-order valence-corrected chi connectivity index (χ3v) is 3.24. The number of nitrogens with zero attached hydrogens (tertiary/aromatic N) is 1. The van der Waals surface area contributed by atoms with Gasteiger partial charge in [0.15, 0.2) is 5.17 Å². The van der Waals surface area contributed by atoms with Crippen LogP contribution in [0, 0.1) is 0 Å². The lowest BCUT2D eigenvalue weighted by Gasteiger charge is -2.18. The Hall–Kier alpha value is -0.770. The summed E-state index contributed by atoms with van der Waals surface area (Å²) < 4.78 is -0.369. The molecule has 0 bridgehead atoms. The number of thioether (sulfide) groups is 1. The molecule has 0 fully saturated rings. The fourth-order valence-corrected chi connectivity index (χ4v) is 2.58. The van der Waals surface area contributed by atoms with E-state index in [1.165, 1.54) is 11.8 Å². The molecule has 3 nitrogen and oxygen atoms in total. The standard InChI is InChI=1S/C10H16N2OS/c1-5-6-10(4)8(13)12-9(14-10)11-7(2)3/h2,5-6H2,1,3-4H3,(H,11,12,13)/t10-/m0/s1. The van der Waals surface area contributed by atoms with Crippen LogP contribution in [0.15, 0.2) is 17.3 Å². The van der Waals surface area contributed by atoms with Gasteiger partial charge >= 0.3 is 0 Å². The van der Waals surface area contributed by atoms with Crippen LogP contribution in [0.2, 0.25) is 0 Å². The Morgan fingerprint density at radius 1 is 1.71 bits per heavy atom. The van der Waals surface area contributed by atoms with E-state index in [1.807, 2.05) is 13.8 Å². The molecule has 0 aliphatic carbocycles. The predicted molar refractivity (Wildman–Crippen MR) is 61.3 cm³/mol. The quantitative estimate of drug-likeness (QED) is 0.780. The smallest absolute Gasteiger partial charge is 0.264 e. The van der Waals surface area contributed by atoms with Crippen LogP contribution in [-0.4, -0.2) is 15.8 Å². The minimum absolute atomic E-state index is 0.0342. The average Bonchev–Trinajstić information content (AvgIpc) is 2.26. The number of carbonyl (C=O) groups excluding carboxylic acids is 1. The summed E-state index contributed by atoms with van der Waals surface area (Å²) in [7, 11) is 0. The molecule has 0 unspecified atom stereocenters. The second kappa shape index (κ2) is 4.17. The number of amides is 1. The zero-order valence-electron chi connectivity index (χ0n) is 8.89. The molecule has 1 rings (SSSR count). The lowest BCUT2D eigenvalue weighted by molar-refractivity contribution is -0.119. The van der Waals surface area contributed by atoms with Gasteiger partial charge in [0, 0.05) is 5.70 Å². The van der Waals surface area contributed by atoms with E-state index in [2.05, 4.69) is 23.8 Å². The molecule has 1 N–H and O–H groups in total. The van der Waals surface area contributed by atoms with Gasteiger partial charge in [-0.25, -0.2) is 0 Å². The molecule has 14 heavy (non-hydrogen) atoms. The Balaban J connectivity index is 2.67. The van der Waals surface area contributed by atoms with Crippen molar-refractivity contribution in [3.8, 4) is 0 Å². The summed E-state index contributed by atoms with van der Waals surface area (Å²) in [5.41, 5.74) is 0.810. The van der Waals surface area contributed by atoms with E-state index >= 15 is 0 Å². The van der Waals surface area contributed by atoms with Gasteiger partial charge in [-0.3, -0.25) is 4.79 Å². The molecule has 1 heterocycles. The summed E-state index contributed by atoms with van der Waals surface area (Å²) in [5, 5.41) is 3.66. The monoisotopic (exact) mass is 212 g/mol. The molecule has 0 radical (unpaired) electrons. The molecule has 0 spiro atoms. The molecule has 0 aromatic heterocycles. The number of allylic oxidation sites excluding steroid dienone is 1. The van der Waals surface area contributed by atoms with Crippen LogP contribution in [0.3, 0.4) is 0 Å². The van der Waals surface area contributed by atoms with Crippen LogP contribution >= 0.6 is 11.8 Å². The second-order valence-electron chi connectivity index (χ2n) is 3.71. The number of amidine groups is 1. The van der Waals surface area contributed by atoms with Crippen molar-refractivity contribution in [2.45, 2.75) is 38.4 Å². The topological polar surface area (TPSA) is 41.5 Å². The van der Waals surface area contributed by atoms with Crippen molar-refractivity contribution >= 4 is 22.8 Å². The average molecular weight is 212 g/mol. The SMILES string of the molecule is C=C(C)NC1=NC(=O)[C@](C)(CCC)S1. The van der Waals surface area contributed by atoms with E-state index in [4.69, 9.17) is 0 Å². The van der Waals surface area contributed by atoms with Crippen LogP contribution in [0.25, 0.3) is 0 Å². The number of nitrogens with one attached hydrogen (secondary N) is 1. The van der Waals surface area contributed by atoms with Crippen molar-refractivity contribution in [2.24, 2.45) is 4.99 Å². The van der Waals surface area contributed by atoms with Crippen molar-refractivity contribution in [2.75, 3.05) is 0 Å². The van der Waals surface area contributed by atoms with Gasteiger partial charge in [0.1, 0.15) is 4.75 Å². The molecule has 1 aliphatic heterocycles. The molecule has 4 heteroatoms. The van der Waals surface area contributed by atoms with Crippen LogP contribution < -0.4 is 5.32 Å². The molecule has 1 amide bonds. The van der Waals surface area contributed by atoms with Crippen molar-refractivity contribution < 1.29 is 4.79 Å². The summed E-state index contributed by atoms with van der Waals surface area (Å²) in [6.45, 7) is 9.59. The van der Waals surface area contributed by atoms with Gasteiger partial charge in [0.2, 0.25) is 0 Å². The molecular formula is C10H16N2OS.